The first-order chi connectivity index (χ1) is 12.8. The Hall–Kier alpha value is -3.35. The second-order valence-electron chi connectivity index (χ2n) is 6.49. The van der Waals surface area contributed by atoms with E-state index in [-0.39, 0.29) is 18.0 Å². The Morgan fingerprint density at radius 3 is 2.04 bits per heavy atom. The molecule has 0 radical (unpaired) electrons. The number of anilines is 1. The van der Waals surface area contributed by atoms with E-state index in [2.05, 4.69) is 16.0 Å². The summed E-state index contributed by atoms with van der Waals surface area (Å²) in [6.07, 6.45) is 0. The van der Waals surface area contributed by atoms with E-state index in [4.69, 9.17) is 5.11 Å². The van der Waals surface area contributed by atoms with Crippen molar-refractivity contribution >= 4 is 23.6 Å². The quantitative estimate of drug-likeness (QED) is 0.601. The van der Waals surface area contributed by atoms with Gasteiger partial charge in [-0.25, -0.2) is 9.59 Å². The van der Waals surface area contributed by atoms with Gasteiger partial charge in [-0.1, -0.05) is 26.0 Å². The molecule has 0 fully saturated rings. The number of hydrogen-bond donors (Lipinski definition) is 4. The number of benzene rings is 2. The van der Waals surface area contributed by atoms with E-state index in [0.717, 1.165) is 5.56 Å². The molecule has 27 heavy (non-hydrogen) atoms. The summed E-state index contributed by atoms with van der Waals surface area (Å²) in [5.74, 6) is -0.767. The molecule has 0 saturated heterocycles. The van der Waals surface area contributed by atoms with Gasteiger partial charge in [-0.2, -0.15) is 0 Å². The zero-order valence-electron chi connectivity index (χ0n) is 15.3. The summed E-state index contributed by atoms with van der Waals surface area (Å²) in [4.78, 5) is 34.7. The summed E-state index contributed by atoms with van der Waals surface area (Å²) in [6.45, 7) is 4.91. The number of rotatable bonds is 7. The lowest BCUT2D eigenvalue weighted by atomic mass is 10.1. The summed E-state index contributed by atoms with van der Waals surface area (Å²) in [5.41, 5.74) is 2.07. The van der Waals surface area contributed by atoms with Crippen molar-refractivity contribution in [3.8, 4) is 0 Å². The van der Waals surface area contributed by atoms with Crippen LogP contribution in [0, 0.1) is 5.92 Å². The fraction of sp³-hybridized carbons (Fsp3) is 0.250. The molecule has 7 heteroatoms. The molecule has 2 aromatic carbocycles. The predicted molar refractivity (Wildman–Crippen MR) is 103 cm³/mol. The molecule has 0 aliphatic rings. The van der Waals surface area contributed by atoms with Gasteiger partial charge in [-0.3, -0.25) is 4.79 Å². The first-order valence-electron chi connectivity index (χ1n) is 8.60. The first kappa shape index (κ1) is 20.0. The van der Waals surface area contributed by atoms with E-state index < -0.39 is 12.0 Å². The minimum atomic E-state index is -0.992. The van der Waals surface area contributed by atoms with Gasteiger partial charge in [0.25, 0.3) is 5.91 Å². The van der Waals surface area contributed by atoms with Crippen LogP contribution in [0.3, 0.4) is 0 Å². The van der Waals surface area contributed by atoms with Gasteiger partial charge in [0.2, 0.25) is 0 Å². The van der Waals surface area contributed by atoms with E-state index in [0.29, 0.717) is 23.7 Å². The summed E-state index contributed by atoms with van der Waals surface area (Å²) in [6, 6.07) is 12.5. The van der Waals surface area contributed by atoms with Crippen LogP contribution in [-0.4, -0.2) is 29.6 Å². The Balaban J connectivity index is 1.83. The second-order valence-corrected chi connectivity index (χ2v) is 6.49. The fourth-order valence-corrected chi connectivity index (χ4v) is 2.23. The van der Waals surface area contributed by atoms with E-state index >= 15 is 0 Å². The van der Waals surface area contributed by atoms with Crippen LogP contribution in [0.1, 0.15) is 40.1 Å². The zero-order valence-corrected chi connectivity index (χ0v) is 15.3. The van der Waals surface area contributed by atoms with Crippen LogP contribution in [0.4, 0.5) is 10.5 Å². The Morgan fingerprint density at radius 2 is 1.48 bits per heavy atom. The molecule has 0 bridgehead atoms. The number of carboxylic acid groups (broad SMARTS) is 1. The van der Waals surface area contributed by atoms with E-state index in [1.807, 2.05) is 13.8 Å². The molecule has 3 amide bonds. The molecule has 0 heterocycles. The topological polar surface area (TPSA) is 108 Å². The number of carbonyl (C=O) groups is 3. The Morgan fingerprint density at radius 1 is 0.889 bits per heavy atom. The molecule has 2 rings (SSSR count). The monoisotopic (exact) mass is 369 g/mol. The highest BCUT2D eigenvalue weighted by Crippen LogP contribution is 2.10. The van der Waals surface area contributed by atoms with E-state index in [1.165, 1.54) is 12.1 Å². The van der Waals surface area contributed by atoms with Crippen molar-refractivity contribution in [2.75, 3.05) is 11.9 Å². The summed E-state index contributed by atoms with van der Waals surface area (Å²) in [5, 5.41) is 17.1. The molecular weight excluding hydrogens is 346 g/mol. The minimum Gasteiger partial charge on any atom is -0.478 e. The maximum atomic E-state index is 12.0. The fourth-order valence-electron chi connectivity index (χ4n) is 2.23. The van der Waals surface area contributed by atoms with Crippen molar-refractivity contribution in [1.29, 1.82) is 0 Å². The minimum absolute atomic E-state index is 0.149. The van der Waals surface area contributed by atoms with Crippen molar-refractivity contribution < 1.29 is 19.5 Å². The number of carboxylic acids is 1. The average Bonchev–Trinajstić information content (AvgIpc) is 2.65. The molecule has 0 aliphatic heterocycles. The summed E-state index contributed by atoms with van der Waals surface area (Å²) >= 11 is 0. The molecule has 7 nitrogen and oxygen atoms in total. The standard InChI is InChI=1S/C20H23N3O4/c1-13(2)11-21-18(24)15-7-9-17(10-8-15)23-20(27)22-12-14-3-5-16(6-4-14)19(25)26/h3-10,13H,11-12H2,1-2H3,(H,21,24)(H,25,26)(H2,22,23,27). The summed E-state index contributed by atoms with van der Waals surface area (Å²) in [7, 11) is 0. The molecule has 4 N–H and O–H groups in total. The van der Waals surface area contributed by atoms with Crippen LogP contribution >= 0.6 is 0 Å². The van der Waals surface area contributed by atoms with Crippen LogP contribution in [0.15, 0.2) is 48.5 Å². The Labute approximate surface area is 157 Å². The second kappa shape index (κ2) is 9.38. The highest BCUT2D eigenvalue weighted by Gasteiger charge is 2.07. The lowest BCUT2D eigenvalue weighted by molar-refractivity contribution is 0.0696. The van der Waals surface area contributed by atoms with Crippen molar-refractivity contribution in [2.45, 2.75) is 20.4 Å². The third-order valence-corrected chi connectivity index (χ3v) is 3.73. The molecule has 2 aromatic rings. The first-order valence-corrected chi connectivity index (χ1v) is 8.60. The molecule has 0 atom stereocenters. The third-order valence-electron chi connectivity index (χ3n) is 3.73. The Kier molecular flexibility index (Phi) is 6.93. The largest absolute Gasteiger partial charge is 0.478 e. The van der Waals surface area contributed by atoms with Crippen molar-refractivity contribution in [2.24, 2.45) is 5.92 Å². The Bertz CT molecular complexity index is 799. The van der Waals surface area contributed by atoms with Gasteiger partial charge in [0, 0.05) is 24.3 Å². The van der Waals surface area contributed by atoms with Crippen LogP contribution in [0.5, 0.6) is 0 Å². The average molecular weight is 369 g/mol. The molecule has 0 aromatic heterocycles. The smallest absolute Gasteiger partial charge is 0.335 e. The van der Waals surface area contributed by atoms with Crippen LogP contribution in [0.25, 0.3) is 0 Å². The third kappa shape index (κ3) is 6.47. The highest BCUT2D eigenvalue weighted by molar-refractivity contribution is 5.95. The van der Waals surface area contributed by atoms with Gasteiger partial charge in [-0.05, 0) is 47.9 Å². The number of carbonyl (C=O) groups excluding carboxylic acids is 2. The van der Waals surface area contributed by atoms with Gasteiger partial charge in [-0.15, -0.1) is 0 Å². The number of amides is 3. The maximum absolute atomic E-state index is 12.0. The predicted octanol–water partition coefficient (Wildman–Crippen LogP) is 3.09. The molecular formula is C20H23N3O4. The zero-order chi connectivity index (χ0) is 19.8. The molecule has 0 aliphatic carbocycles. The van der Waals surface area contributed by atoms with Crippen molar-refractivity contribution in [3.63, 3.8) is 0 Å². The van der Waals surface area contributed by atoms with E-state index in [1.54, 1.807) is 36.4 Å². The van der Waals surface area contributed by atoms with Crippen LogP contribution in [-0.2, 0) is 6.54 Å². The lowest BCUT2D eigenvalue weighted by Crippen LogP contribution is -2.28. The SMILES string of the molecule is CC(C)CNC(=O)c1ccc(NC(=O)NCc2ccc(C(=O)O)cc2)cc1. The maximum Gasteiger partial charge on any atom is 0.335 e. The van der Waals surface area contributed by atoms with Gasteiger partial charge >= 0.3 is 12.0 Å². The van der Waals surface area contributed by atoms with Crippen molar-refractivity contribution in [3.05, 3.63) is 65.2 Å². The van der Waals surface area contributed by atoms with Gasteiger partial charge in [0.15, 0.2) is 0 Å². The van der Waals surface area contributed by atoms with Gasteiger partial charge in [0.1, 0.15) is 0 Å². The number of urea groups is 1. The van der Waals surface area contributed by atoms with Crippen molar-refractivity contribution in [1.82, 2.24) is 10.6 Å². The highest BCUT2D eigenvalue weighted by atomic mass is 16.4. The van der Waals surface area contributed by atoms with Crippen LogP contribution < -0.4 is 16.0 Å². The number of hydrogen-bond acceptors (Lipinski definition) is 3. The number of nitrogens with one attached hydrogen (secondary N) is 3. The lowest BCUT2D eigenvalue weighted by Gasteiger charge is -2.10. The molecule has 0 spiro atoms. The molecule has 142 valence electrons. The summed E-state index contributed by atoms with van der Waals surface area (Å²) < 4.78 is 0. The number of aromatic carboxylic acids is 1. The van der Waals surface area contributed by atoms with Gasteiger partial charge < -0.3 is 21.1 Å². The molecule has 0 saturated carbocycles. The van der Waals surface area contributed by atoms with E-state index in [9.17, 15) is 14.4 Å². The van der Waals surface area contributed by atoms with Gasteiger partial charge in [0.05, 0.1) is 5.56 Å². The normalized spacial score (nSPS) is 10.3. The molecule has 0 unspecified atom stereocenters. The van der Waals surface area contributed by atoms with Crippen LogP contribution in [0.2, 0.25) is 0 Å².